The average molecular weight is 773 g/mol. The number of benzene rings is 2. The van der Waals surface area contributed by atoms with Gasteiger partial charge in [-0.25, -0.2) is 4.98 Å². The molecule has 0 spiro atoms. The van der Waals surface area contributed by atoms with Crippen molar-refractivity contribution in [2.24, 2.45) is 7.05 Å². The zero-order chi connectivity index (χ0) is 38.6. The Morgan fingerprint density at radius 3 is 2.62 bits per heavy atom. The number of anilines is 3. The fourth-order valence-corrected chi connectivity index (χ4v) is 7.08. The van der Waals surface area contributed by atoms with Crippen LogP contribution in [0.2, 0.25) is 5.02 Å². The number of fused-ring (bicyclic) bond motifs is 2. The number of likely N-dealkylation sites (N-methyl/N-ethyl adjacent to an activating group) is 1. The van der Waals surface area contributed by atoms with Crippen molar-refractivity contribution in [3.8, 4) is 11.5 Å². The van der Waals surface area contributed by atoms with Crippen LogP contribution >= 0.6 is 11.6 Å². The maximum absolute atomic E-state index is 12.9. The molecule has 3 N–H and O–H groups in total. The monoisotopic (exact) mass is 772 g/mol. The van der Waals surface area contributed by atoms with Crippen LogP contribution in [0.5, 0.6) is 11.5 Å². The van der Waals surface area contributed by atoms with E-state index >= 15 is 0 Å². The first-order valence-corrected chi connectivity index (χ1v) is 18.5. The maximum Gasteiger partial charge on any atom is 0.293 e. The molecule has 1 atom stereocenters. The van der Waals surface area contributed by atoms with Gasteiger partial charge in [-0.05, 0) is 67.3 Å². The Labute approximate surface area is 321 Å². The fourth-order valence-electron chi connectivity index (χ4n) is 6.95. The first-order chi connectivity index (χ1) is 26.6. The zero-order valence-corrected chi connectivity index (χ0v) is 31.2. The second-order valence-electron chi connectivity index (χ2n) is 13.6. The summed E-state index contributed by atoms with van der Waals surface area (Å²) in [6.45, 7) is 2.41. The Morgan fingerprint density at radius 2 is 1.84 bits per heavy atom. The highest BCUT2D eigenvalue weighted by molar-refractivity contribution is 6.33. The number of amides is 4. The normalized spacial score (nSPS) is 17.3. The Kier molecular flexibility index (Phi) is 11.2. The molecule has 3 aliphatic rings. The molecule has 2 aromatic heterocycles. The van der Waals surface area contributed by atoms with Gasteiger partial charge in [-0.2, -0.15) is 4.98 Å². The van der Waals surface area contributed by atoms with Gasteiger partial charge in [0.05, 0.1) is 31.0 Å². The summed E-state index contributed by atoms with van der Waals surface area (Å²) in [4.78, 5) is 74.0. The number of carbonyl (C=O) groups excluding carboxylic acids is 4. The molecule has 4 aromatic rings. The lowest BCUT2D eigenvalue weighted by molar-refractivity contribution is -0.137. The van der Waals surface area contributed by atoms with Gasteiger partial charge in [0.25, 0.3) is 17.4 Å². The third-order valence-corrected chi connectivity index (χ3v) is 10.2. The molecule has 55 heavy (non-hydrogen) atoms. The summed E-state index contributed by atoms with van der Waals surface area (Å²) in [5.74, 6) is 0.392. The molecule has 2 fully saturated rings. The summed E-state index contributed by atoms with van der Waals surface area (Å²) in [6, 6.07) is 11.8. The summed E-state index contributed by atoms with van der Waals surface area (Å²) in [5.41, 5.74) is 2.37. The molecule has 288 valence electrons. The van der Waals surface area contributed by atoms with Gasteiger partial charge in [-0.1, -0.05) is 11.6 Å². The van der Waals surface area contributed by atoms with Crippen molar-refractivity contribution in [3.05, 3.63) is 75.2 Å². The second-order valence-corrected chi connectivity index (χ2v) is 14.0. The number of hydrogen-bond acceptors (Lipinski definition) is 12. The second kappa shape index (κ2) is 16.3. The minimum absolute atomic E-state index is 0.0660. The largest absolute Gasteiger partial charge is 0.493 e. The van der Waals surface area contributed by atoms with Crippen molar-refractivity contribution in [2.75, 3.05) is 50.2 Å². The van der Waals surface area contributed by atoms with E-state index in [4.69, 9.17) is 30.8 Å². The summed E-state index contributed by atoms with van der Waals surface area (Å²) < 4.78 is 19.1. The van der Waals surface area contributed by atoms with E-state index in [0.717, 1.165) is 23.8 Å². The van der Waals surface area contributed by atoms with Gasteiger partial charge >= 0.3 is 0 Å². The molecule has 16 nitrogen and oxygen atoms in total. The molecular weight excluding hydrogens is 732 g/mol. The molecule has 4 amide bonds. The van der Waals surface area contributed by atoms with Crippen molar-refractivity contribution in [2.45, 2.75) is 50.8 Å². The minimum atomic E-state index is -0.651. The summed E-state index contributed by atoms with van der Waals surface area (Å²) in [6.07, 6.45) is 4.47. The predicted molar refractivity (Wildman–Crippen MR) is 203 cm³/mol. The van der Waals surface area contributed by atoms with Crippen molar-refractivity contribution in [1.29, 1.82) is 0 Å². The van der Waals surface area contributed by atoms with E-state index in [-0.39, 0.29) is 48.2 Å². The minimum Gasteiger partial charge on any atom is -0.493 e. The van der Waals surface area contributed by atoms with Gasteiger partial charge < -0.3 is 39.2 Å². The fraction of sp³-hybridized carbons (Fsp3) is 0.395. The molecule has 2 aromatic carbocycles. The molecule has 3 aliphatic heterocycles. The highest BCUT2D eigenvalue weighted by Gasteiger charge is 2.39. The van der Waals surface area contributed by atoms with Gasteiger partial charge in [0, 0.05) is 63.2 Å². The molecule has 2 saturated heterocycles. The number of aryl methyl sites for hydroxylation is 1. The third kappa shape index (κ3) is 8.34. The topological polar surface area (TPSA) is 186 Å². The average Bonchev–Trinajstić information content (AvgIpc) is 3.51. The summed E-state index contributed by atoms with van der Waals surface area (Å²) >= 11 is 6.50. The number of pyridine rings is 1. The van der Waals surface area contributed by atoms with E-state index < -0.39 is 11.9 Å². The number of halogens is 1. The molecule has 17 heteroatoms. The molecule has 5 heterocycles. The predicted octanol–water partition coefficient (Wildman–Crippen LogP) is 3.07. The van der Waals surface area contributed by atoms with Crippen LogP contribution in [-0.2, 0) is 32.7 Å². The number of aromatic nitrogens is 3. The maximum atomic E-state index is 12.9. The van der Waals surface area contributed by atoms with Crippen LogP contribution in [0.25, 0.3) is 10.9 Å². The van der Waals surface area contributed by atoms with Crippen LogP contribution < -0.4 is 35.9 Å². The number of piperidine rings is 2. The number of nitrogens with zero attached hydrogens (tertiary/aromatic N) is 5. The molecule has 0 aliphatic carbocycles. The van der Waals surface area contributed by atoms with E-state index in [9.17, 15) is 24.0 Å². The van der Waals surface area contributed by atoms with Crippen molar-refractivity contribution in [1.82, 2.24) is 30.1 Å². The van der Waals surface area contributed by atoms with E-state index in [1.165, 1.54) is 16.5 Å². The molecule has 1 unspecified atom stereocenters. The number of hydrogen-bond donors (Lipinski definition) is 3. The van der Waals surface area contributed by atoms with Gasteiger partial charge in [0.1, 0.15) is 16.8 Å². The lowest BCUT2D eigenvalue weighted by Gasteiger charge is -2.32. The standard InChI is InChI=1S/C38H41ClN8O8/c1-40-33(49)21-55-31-18-22-16-24(4-7-29(22)45(2)37(31)52)42-34-28(39)19-41-38(44-34)46-12-10-25(11-13-46)53-14-3-15-54-26-5-6-27-23(17-26)20-47(36(27)51)30-8-9-32(48)43-35(30)50/h4-7,16-19,25,30H,3,8-15,20-21H2,1-2H3,(H,40,49)(H,41,42,44)(H,43,48,50). The van der Waals surface area contributed by atoms with Crippen molar-refractivity contribution in [3.63, 3.8) is 0 Å². The highest BCUT2D eigenvalue weighted by atomic mass is 35.5. The van der Waals surface area contributed by atoms with Gasteiger partial charge in [0.2, 0.25) is 17.8 Å². The molecule has 7 rings (SSSR count). The van der Waals surface area contributed by atoms with E-state index in [0.29, 0.717) is 85.0 Å². The number of imide groups is 1. The van der Waals surface area contributed by atoms with Crippen molar-refractivity contribution < 1.29 is 33.4 Å². The van der Waals surface area contributed by atoms with Crippen LogP contribution in [0.4, 0.5) is 17.5 Å². The Balaban J connectivity index is 0.872. The van der Waals surface area contributed by atoms with E-state index in [1.807, 2.05) is 24.3 Å². The zero-order valence-electron chi connectivity index (χ0n) is 30.4. The number of nitrogens with one attached hydrogen (secondary N) is 3. The molecular formula is C38H41ClN8O8. The van der Waals surface area contributed by atoms with Gasteiger partial charge in [-0.15, -0.1) is 0 Å². The summed E-state index contributed by atoms with van der Waals surface area (Å²) in [5, 5.41) is 9.13. The molecule has 0 bridgehead atoms. The van der Waals surface area contributed by atoms with Crippen LogP contribution in [0.15, 0.2) is 53.5 Å². The highest BCUT2D eigenvalue weighted by Crippen LogP contribution is 2.31. The van der Waals surface area contributed by atoms with E-state index in [1.54, 1.807) is 31.4 Å². The lowest BCUT2D eigenvalue weighted by Crippen LogP contribution is -2.52. The quantitative estimate of drug-likeness (QED) is 0.134. The Hall–Kier alpha value is -5.74. The first-order valence-electron chi connectivity index (χ1n) is 18.1. The van der Waals surface area contributed by atoms with E-state index in [2.05, 4.69) is 25.8 Å². The van der Waals surface area contributed by atoms with Crippen LogP contribution in [0, 0.1) is 0 Å². The van der Waals surface area contributed by atoms with Gasteiger partial charge in [-0.3, -0.25) is 29.3 Å². The molecule has 0 saturated carbocycles. The van der Waals surface area contributed by atoms with Crippen LogP contribution in [0.3, 0.4) is 0 Å². The van der Waals surface area contributed by atoms with Crippen molar-refractivity contribution >= 4 is 63.6 Å². The lowest BCUT2D eigenvalue weighted by atomic mass is 10.0. The van der Waals surface area contributed by atoms with Crippen LogP contribution in [0.1, 0.15) is 48.0 Å². The SMILES string of the molecule is CNC(=O)COc1cc2cc(Nc3nc(N4CCC(OCCCOc5ccc6c(c5)CN(C5CCC(=O)NC5=O)C6=O)CC4)ncc3Cl)ccc2n(C)c1=O. The molecule has 0 radical (unpaired) electrons. The van der Waals surface area contributed by atoms with Gasteiger partial charge in [0.15, 0.2) is 18.2 Å². The number of ether oxygens (including phenoxy) is 3. The first kappa shape index (κ1) is 37.6. The Bertz CT molecular complexity index is 2210. The Morgan fingerprint density at radius 1 is 1.02 bits per heavy atom. The number of rotatable bonds is 13. The summed E-state index contributed by atoms with van der Waals surface area (Å²) in [7, 11) is 3.14. The van der Waals surface area contributed by atoms with Crippen LogP contribution in [-0.4, -0.2) is 95.2 Å². The number of carbonyl (C=O) groups is 4. The smallest absolute Gasteiger partial charge is 0.293 e. The third-order valence-electron chi connectivity index (χ3n) is 9.95.